The topological polar surface area (TPSA) is 100 Å². The second-order valence-corrected chi connectivity index (χ2v) is 6.18. The number of carbonyl (C=O) groups excluding carboxylic acids is 1. The summed E-state index contributed by atoms with van der Waals surface area (Å²) in [7, 11) is 0. The molecule has 0 aromatic rings. The average Bonchev–Trinajstić information content (AvgIpc) is 2.48. The fraction of sp³-hybridized carbons (Fsp3) is 0.857. The molecular weight excluding hydrogens is 272 g/mol. The number of hydrogen-bond acceptors (Lipinski definition) is 5. The maximum absolute atomic E-state index is 12.4. The second-order valence-electron chi connectivity index (χ2n) is 6.18. The maximum atomic E-state index is 12.4. The molecule has 1 heterocycles. The summed E-state index contributed by atoms with van der Waals surface area (Å²) in [5, 5.41) is 14.9. The van der Waals surface area contributed by atoms with Crippen LogP contribution >= 0.6 is 0 Å². The first-order chi connectivity index (χ1) is 10.0. The van der Waals surface area contributed by atoms with Gasteiger partial charge >= 0.3 is 0 Å². The van der Waals surface area contributed by atoms with Gasteiger partial charge in [-0.3, -0.25) is 9.69 Å². The Morgan fingerprint density at radius 1 is 1.57 bits per heavy atom. The number of likely N-dealkylation sites (N-methyl/N-ethyl adjacent to an activating group) is 1. The number of hydrogen-bond donors (Lipinski definition) is 3. The van der Waals surface area contributed by atoms with Crippen molar-refractivity contribution in [2.45, 2.75) is 32.8 Å². The number of nitrogens with one attached hydrogen (secondary N) is 1. The van der Waals surface area contributed by atoms with Gasteiger partial charge < -0.3 is 21.0 Å². The largest absolute Gasteiger partial charge is 0.409 e. The maximum Gasteiger partial charge on any atom is 0.234 e. The number of oxime groups is 1. The van der Waals surface area contributed by atoms with Gasteiger partial charge in [-0.15, -0.1) is 0 Å². The van der Waals surface area contributed by atoms with Gasteiger partial charge in [-0.05, 0) is 25.3 Å². The van der Waals surface area contributed by atoms with Crippen LogP contribution in [-0.4, -0.2) is 60.7 Å². The molecule has 1 amide bonds. The number of rotatable bonds is 5. The fourth-order valence-corrected chi connectivity index (χ4v) is 3.30. The molecule has 2 fully saturated rings. The predicted octanol–water partition coefficient (Wildman–Crippen LogP) is -0.0140. The molecule has 1 saturated heterocycles. The van der Waals surface area contributed by atoms with E-state index in [-0.39, 0.29) is 17.8 Å². The number of nitrogens with two attached hydrogens (primary N) is 1. The number of nitrogens with zero attached hydrogens (tertiary/aromatic N) is 2. The molecule has 4 N–H and O–H groups in total. The predicted molar refractivity (Wildman–Crippen MR) is 79.1 cm³/mol. The summed E-state index contributed by atoms with van der Waals surface area (Å²) in [5.74, 6) is 0.267. The number of amides is 1. The minimum Gasteiger partial charge on any atom is -0.409 e. The summed E-state index contributed by atoms with van der Waals surface area (Å²) in [5.41, 5.74) is 4.89. The highest BCUT2D eigenvalue weighted by atomic mass is 16.5. The molecule has 2 rings (SSSR count). The highest BCUT2D eigenvalue weighted by Gasteiger charge is 2.52. The van der Waals surface area contributed by atoms with E-state index < -0.39 is 5.41 Å². The van der Waals surface area contributed by atoms with Crippen molar-refractivity contribution < 1.29 is 14.7 Å². The van der Waals surface area contributed by atoms with E-state index in [2.05, 4.69) is 29.2 Å². The number of carbonyl (C=O) groups is 1. The normalized spacial score (nSPS) is 34.3. The highest BCUT2D eigenvalue weighted by molar-refractivity contribution is 6.07. The Labute approximate surface area is 125 Å². The molecule has 1 aliphatic carbocycles. The first-order valence-electron chi connectivity index (χ1n) is 7.62. The van der Waals surface area contributed by atoms with Gasteiger partial charge in [0, 0.05) is 19.6 Å². The third-order valence-electron chi connectivity index (χ3n) is 4.59. The summed E-state index contributed by atoms with van der Waals surface area (Å²) in [6, 6.07) is 0. The van der Waals surface area contributed by atoms with Crippen LogP contribution in [0.15, 0.2) is 5.16 Å². The van der Waals surface area contributed by atoms with Gasteiger partial charge in [0.2, 0.25) is 5.91 Å². The van der Waals surface area contributed by atoms with Crippen LogP contribution in [0.4, 0.5) is 0 Å². The summed E-state index contributed by atoms with van der Waals surface area (Å²) < 4.78 is 5.67. The van der Waals surface area contributed by atoms with Crippen molar-refractivity contribution in [3.63, 3.8) is 0 Å². The van der Waals surface area contributed by atoms with E-state index in [1.165, 1.54) is 0 Å². The average molecular weight is 298 g/mol. The Balaban J connectivity index is 1.88. The van der Waals surface area contributed by atoms with E-state index in [0.29, 0.717) is 31.9 Å². The van der Waals surface area contributed by atoms with Gasteiger partial charge in [0.05, 0.1) is 12.7 Å². The molecule has 2 aliphatic rings. The Morgan fingerprint density at radius 3 is 2.86 bits per heavy atom. The molecule has 0 radical (unpaired) electrons. The highest BCUT2D eigenvalue weighted by Crippen LogP contribution is 2.45. The molecule has 1 saturated carbocycles. The zero-order chi connectivity index (χ0) is 15.5. The van der Waals surface area contributed by atoms with E-state index in [0.717, 1.165) is 19.6 Å². The van der Waals surface area contributed by atoms with Crippen molar-refractivity contribution in [2.75, 3.05) is 32.8 Å². The summed E-state index contributed by atoms with van der Waals surface area (Å²) >= 11 is 0. The van der Waals surface area contributed by atoms with Crippen LogP contribution in [0.3, 0.4) is 0 Å². The third kappa shape index (κ3) is 3.29. The zero-order valence-corrected chi connectivity index (χ0v) is 12.8. The van der Waals surface area contributed by atoms with Gasteiger partial charge in [0.25, 0.3) is 0 Å². The third-order valence-corrected chi connectivity index (χ3v) is 4.59. The van der Waals surface area contributed by atoms with Gasteiger partial charge in [0.15, 0.2) is 5.84 Å². The molecule has 0 bridgehead atoms. The smallest absolute Gasteiger partial charge is 0.234 e. The standard InChI is InChI=1S/C14H26N4O3/c1-3-18-4-5-21-11(9-18)8-16-13(19)14(12(15)17-20)6-10(2)7-14/h10-11,20H,3-9H2,1-2H3,(H2,15,17)(H,16,19). The van der Waals surface area contributed by atoms with Crippen LogP contribution < -0.4 is 11.1 Å². The molecule has 0 spiro atoms. The zero-order valence-electron chi connectivity index (χ0n) is 12.8. The lowest BCUT2D eigenvalue weighted by atomic mass is 9.61. The van der Waals surface area contributed by atoms with Crippen molar-refractivity contribution in [3.05, 3.63) is 0 Å². The Kier molecular flexibility index (Phi) is 5.05. The molecule has 1 unspecified atom stereocenters. The molecule has 120 valence electrons. The summed E-state index contributed by atoms with van der Waals surface area (Å²) in [6.07, 6.45) is 1.26. The van der Waals surface area contributed by atoms with Crippen LogP contribution in [0.25, 0.3) is 0 Å². The summed E-state index contributed by atoms with van der Waals surface area (Å²) in [4.78, 5) is 14.7. The molecule has 1 aliphatic heterocycles. The SMILES string of the molecule is CCN1CCOC(CNC(=O)C2(C(N)=NO)CC(C)C2)C1. The number of morpholine rings is 1. The lowest BCUT2D eigenvalue weighted by Gasteiger charge is -2.44. The minimum absolute atomic E-state index is 0.00416. The van der Waals surface area contributed by atoms with Crippen LogP contribution in [0.1, 0.15) is 26.7 Å². The van der Waals surface area contributed by atoms with Crippen molar-refractivity contribution in [1.82, 2.24) is 10.2 Å². The Bertz CT molecular complexity index is 407. The van der Waals surface area contributed by atoms with Crippen molar-refractivity contribution in [1.29, 1.82) is 0 Å². The lowest BCUT2D eigenvalue weighted by Crippen LogP contribution is -2.58. The quantitative estimate of drug-likeness (QED) is 0.287. The van der Waals surface area contributed by atoms with Gasteiger partial charge in [0.1, 0.15) is 5.41 Å². The van der Waals surface area contributed by atoms with Crippen LogP contribution in [-0.2, 0) is 9.53 Å². The van der Waals surface area contributed by atoms with Gasteiger partial charge in [-0.2, -0.15) is 0 Å². The van der Waals surface area contributed by atoms with E-state index in [1.54, 1.807) is 0 Å². The second kappa shape index (κ2) is 6.62. The van der Waals surface area contributed by atoms with Crippen molar-refractivity contribution >= 4 is 11.7 Å². The number of amidine groups is 1. The lowest BCUT2D eigenvalue weighted by molar-refractivity contribution is -0.134. The molecule has 0 aromatic carbocycles. The fourth-order valence-electron chi connectivity index (χ4n) is 3.30. The summed E-state index contributed by atoms with van der Waals surface area (Å²) in [6.45, 7) is 8.07. The monoisotopic (exact) mass is 298 g/mol. The molecular formula is C14H26N4O3. The van der Waals surface area contributed by atoms with E-state index in [9.17, 15) is 4.79 Å². The van der Waals surface area contributed by atoms with Gasteiger partial charge in [-0.1, -0.05) is 19.0 Å². The molecule has 7 heteroatoms. The molecule has 7 nitrogen and oxygen atoms in total. The van der Waals surface area contributed by atoms with Crippen molar-refractivity contribution in [3.8, 4) is 0 Å². The number of ether oxygens (including phenoxy) is 1. The first-order valence-corrected chi connectivity index (χ1v) is 7.62. The van der Waals surface area contributed by atoms with E-state index in [4.69, 9.17) is 15.7 Å². The van der Waals surface area contributed by atoms with Crippen LogP contribution in [0, 0.1) is 11.3 Å². The molecule has 0 aromatic heterocycles. The van der Waals surface area contributed by atoms with E-state index >= 15 is 0 Å². The Hall–Kier alpha value is -1.34. The first kappa shape index (κ1) is 16.0. The van der Waals surface area contributed by atoms with Gasteiger partial charge in [-0.25, -0.2) is 0 Å². The van der Waals surface area contributed by atoms with Crippen molar-refractivity contribution in [2.24, 2.45) is 22.2 Å². The Morgan fingerprint density at radius 2 is 2.29 bits per heavy atom. The van der Waals surface area contributed by atoms with Crippen LogP contribution in [0.2, 0.25) is 0 Å². The van der Waals surface area contributed by atoms with Crippen LogP contribution in [0.5, 0.6) is 0 Å². The molecule has 21 heavy (non-hydrogen) atoms. The minimum atomic E-state index is -0.840. The van der Waals surface area contributed by atoms with E-state index in [1.807, 2.05) is 0 Å². The molecule has 1 atom stereocenters.